The summed E-state index contributed by atoms with van der Waals surface area (Å²) in [5, 5.41) is 5.94. The van der Waals surface area contributed by atoms with Crippen molar-refractivity contribution >= 4 is 40.7 Å². The van der Waals surface area contributed by atoms with Crippen molar-refractivity contribution in [3.8, 4) is 0 Å². The lowest BCUT2D eigenvalue weighted by Crippen LogP contribution is -2.34. The summed E-state index contributed by atoms with van der Waals surface area (Å²) >= 11 is 0. The molecular formula is C18H22IN3. The van der Waals surface area contributed by atoms with Crippen LogP contribution >= 0.6 is 24.0 Å². The second-order valence-electron chi connectivity index (χ2n) is 5.82. The lowest BCUT2D eigenvalue weighted by molar-refractivity contribution is 0.855. The smallest absolute Gasteiger partial charge is 0.189 e. The number of nitrogens with zero attached hydrogens (tertiary/aromatic N) is 1. The summed E-state index contributed by atoms with van der Waals surface area (Å²) in [7, 11) is 0. The van der Waals surface area contributed by atoms with Crippen molar-refractivity contribution < 1.29 is 0 Å². The van der Waals surface area contributed by atoms with Gasteiger partial charge in [-0.25, -0.2) is 4.99 Å². The lowest BCUT2D eigenvalue weighted by Gasteiger charge is -2.08. The number of nitrogens with one attached hydrogen (secondary N) is 1. The van der Waals surface area contributed by atoms with Crippen LogP contribution in [0.1, 0.15) is 24.8 Å². The summed E-state index contributed by atoms with van der Waals surface area (Å²) in [4.78, 5) is 4.28. The molecule has 0 amide bonds. The minimum Gasteiger partial charge on any atom is -0.370 e. The van der Waals surface area contributed by atoms with Gasteiger partial charge in [-0.05, 0) is 29.7 Å². The molecule has 2 atom stereocenters. The Balaban J connectivity index is 0.00000176. The number of benzene rings is 2. The Morgan fingerprint density at radius 2 is 2.00 bits per heavy atom. The predicted molar refractivity (Wildman–Crippen MR) is 105 cm³/mol. The first-order valence-corrected chi connectivity index (χ1v) is 7.33. The van der Waals surface area contributed by atoms with Crippen molar-refractivity contribution in [2.75, 3.05) is 6.54 Å². The van der Waals surface area contributed by atoms with E-state index in [4.69, 9.17) is 5.73 Å². The molecule has 0 aromatic heterocycles. The molecule has 1 saturated carbocycles. The van der Waals surface area contributed by atoms with E-state index < -0.39 is 0 Å². The number of rotatable bonds is 4. The lowest BCUT2D eigenvalue weighted by atomic mass is 10.0. The van der Waals surface area contributed by atoms with Crippen molar-refractivity contribution in [1.82, 2.24) is 5.32 Å². The molecule has 1 aliphatic rings. The fourth-order valence-electron chi connectivity index (χ4n) is 2.73. The highest BCUT2D eigenvalue weighted by Gasteiger charge is 2.39. The third kappa shape index (κ3) is 3.80. The fourth-order valence-corrected chi connectivity index (χ4v) is 2.73. The van der Waals surface area contributed by atoms with Gasteiger partial charge in [-0.15, -0.1) is 24.0 Å². The van der Waals surface area contributed by atoms with E-state index in [0.717, 1.165) is 12.0 Å². The van der Waals surface area contributed by atoms with Crippen LogP contribution in [0.15, 0.2) is 59.6 Å². The van der Waals surface area contributed by atoms with Crippen LogP contribution in [0.25, 0.3) is 10.8 Å². The standard InChI is InChI=1S/C18H21N3.HI/c1-12(2)11-20-18(19)21-17-10-16(17)15-9-5-7-13-6-3-4-8-14(13)15;/h3-9,16-17H,1,10-11H2,2H3,(H3,19,20,21);1H/t16-,17+;/m0./s1. The van der Waals surface area contributed by atoms with Gasteiger partial charge in [-0.1, -0.05) is 54.6 Å². The number of halogens is 1. The Bertz CT molecular complexity index is 703. The highest BCUT2D eigenvalue weighted by Crippen LogP contribution is 2.43. The van der Waals surface area contributed by atoms with Crippen LogP contribution in [0.3, 0.4) is 0 Å². The molecule has 2 aromatic carbocycles. The van der Waals surface area contributed by atoms with Gasteiger partial charge in [0.1, 0.15) is 0 Å². The van der Waals surface area contributed by atoms with E-state index >= 15 is 0 Å². The molecule has 3 N–H and O–H groups in total. The largest absolute Gasteiger partial charge is 0.370 e. The summed E-state index contributed by atoms with van der Waals surface area (Å²) in [6, 6.07) is 15.4. The third-order valence-electron chi connectivity index (χ3n) is 3.87. The van der Waals surface area contributed by atoms with E-state index in [0.29, 0.717) is 24.5 Å². The Morgan fingerprint density at radius 3 is 2.77 bits per heavy atom. The predicted octanol–water partition coefficient (Wildman–Crippen LogP) is 3.79. The zero-order valence-corrected chi connectivity index (χ0v) is 15.1. The summed E-state index contributed by atoms with van der Waals surface area (Å²) in [6.07, 6.45) is 1.11. The van der Waals surface area contributed by atoms with E-state index in [-0.39, 0.29) is 24.0 Å². The molecule has 1 fully saturated rings. The average molecular weight is 407 g/mol. The van der Waals surface area contributed by atoms with Gasteiger partial charge in [0, 0.05) is 12.0 Å². The summed E-state index contributed by atoms with van der Waals surface area (Å²) in [5.41, 5.74) is 8.33. The zero-order valence-electron chi connectivity index (χ0n) is 12.8. The SMILES string of the molecule is C=C(C)CN=C(N)N[C@@H]1C[C@H]1c1cccc2ccccc12.I. The van der Waals surface area contributed by atoms with E-state index in [2.05, 4.69) is 59.4 Å². The number of hydrogen-bond donors (Lipinski definition) is 2. The highest BCUT2D eigenvalue weighted by molar-refractivity contribution is 14.0. The Kier molecular flexibility index (Phi) is 5.45. The fraction of sp³-hybridized carbons (Fsp3) is 0.278. The second kappa shape index (κ2) is 7.13. The van der Waals surface area contributed by atoms with Gasteiger partial charge in [0.2, 0.25) is 0 Å². The Labute approximate surface area is 148 Å². The molecule has 4 heteroatoms. The summed E-state index contributed by atoms with van der Waals surface area (Å²) in [5.74, 6) is 1.04. The van der Waals surface area contributed by atoms with Crippen LogP contribution in [-0.4, -0.2) is 18.5 Å². The van der Waals surface area contributed by atoms with Gasteiger partial charge < -0.3 is 11.1 Å². The minimum atomic E-state index is 0. The number of aliphatic imine (C=N–C) groups is 1. The van der Waals surface area contributed by atoms with Gasteiger partial charge in [0.25, 0.3) is 0 Å². The number of nitrogens with two attached hydrogens (primary N) is 1. The van der Waals surface area contributed by atoms with Crippen molar-refractivity contribution in [3.05, 3.63) is 60.2 Å². The van der Waals surface area contributed by atoms with Gasteiger partial charge in [0.15, 0.2) is 5.96 Å². The molecule has 3 rings (SSSR count). The maximum Gasteiger partial charge on any atom is 0.189 e. The molecular weight excluding hydrogens is 385 g/mol. The van der Waals surface area contributed by atoms with Gasteiger partial charge >= 0.3 is 0 Å². The average Bonchev–Trinajstić information content (AvgIpc) is 3.23. The van der Waals surface area contributed by atoms with Crippen LogP contribution in [0.4, 0.5) is 0 Å². The molecule has 1 aliphatic carbocycles. The highest BCUT2D eigenvalue weighted by atomic mass is 127. The topological polar surface area (TPSA) is 50.4 Å². The Hall–Kier alpha value is -1.56. The minimum absolute atomic E-state index is 0. The van der Waals surface area contributed by atoms with E-state index in [1.807, 2.05) is 6.92 Å². The van der Waals surface area contributed by atoms with Crippen molar-refractivity contribution in [3.63, 3.8) is 0 Å². The quantitative estimate of drug-likeness (QED) is 0.351. The van der Waals surface area contributed by atoms with Gasteiger partial charge in [-0.2, -0.15) is 0 Å². The molecule has 3 nitrogen and oxygen atoms in total. The van der Waals surface area contributed by atoms with Crippen molar-refractivity contribution in [2.45, 2.75) is 25.3 Å². The molecule has 22 heavy (non-hydrogen) atoms. The van der Waals surface area contributed by atoms with Crippen LogP contribution < -0.4 is 11.1 Å². The number of fused-ring (bicyclic) bond motifs is 1. The molecule has 0 bridgehead atoms. The maximum atomic E-state index is 5.91. The zero-order chi connectivity index (χ0) is 14.8. The van der Waals surface area contributed by atoms with Crippen LogP contribution in [0.5, 0.6) is 0 Å². The molecule has 2 aromatic rings. The van der Waals surface area contributed by atoms with E-state index in [1.54, 1.807) is 0 Å². The maximum absolute atomic E-state index is 5.91. The second-order valence-corrected chi connectivity index (χ2v) is 5.82. The number of hydrogen-bond acceptors (Lipinski definition) is 1. The van der Waals surface area contributed by atoms with Crippen molar-refractivity contribution in [1.29, 1.82) is 0 Å². The molecule has 0 heterocycles. The molecule has 116 valence electrons. The van der Waals surface area contributed by atoms with Gasteiger partial charge in [0.05, 0.1) is 6.54 Å². The third-order valence-corrected chi connectivity index (χ3v) is 3.87. The molecule has 0 spiro atoms. The Morgan fingerprint density at radius 1 is 1.27 bits per heavy atom. The van der Waals surface area contributed by atoms with E-state index in [9.17, 15) is 0 Å². The summed E-state index contributed by atoms with van der Waals surface area (Å²) < 4.78 is 0. The molecule has 0 aliphatic heterocycles. The molecule has 0 radical (unpaired) electrons. The number of guanidine groups is 1. The van der Waals surface area contributed by atoms with Crippen LogP contribution in [0.2, 0.25) is 0 Å². The first-order valence-electron chi connectivity index (χ1n) is 7.33. The monoisotopic (exact) mass is 407 g/mol. The first kappa shape index (κ1) is 16.8. The molecule has 0 unspecified atom stereocenters. The van der Waals surface area contributed by atoms with Crippen molar-refractivity contribution in [2.24, 2.45) is 10.7 Å². The van der Waals surface area contributed by atoms with E-state index in [1.165, 1.54) is 16.3 Å². The molecule has 0 saturated heterocycles. The van der Waals surface area contributed by atoms with Crippen LogP contribution in [-0.2, 0) is 0 Å². The first-order chi connectivity index (χ1) is 10.1. The van der Waals surface area contributed by atoms with Gasteiger partial charge in [-0.3, -0.25) is 0 Å². The van der Waals surface area contributed by atoms with Crippen LogP contribution in [0, 0.1) is 0 Å². The summed E-state index contributed by atoms with van der Waals surface area (Å²) in [6.45, 7) is 6.37. The normalized spacial score (nSPS) is 20.3.